The molecule has 3 heteroatoms. The highest BCUT2D eigenvalue weighted by Crippen LogP contribution is 1.95. The van der Waals surface area contributed by atoms with Crippen molar-refractivity contribution in [3.63, 3.8) is 0 Å². The van der Waals surface area contributed by atoms with E-state index in [1.807, 2.05) is 25.7 Å². The summed E-state index contributed by atoms with van der Waals surface area (Å²) in [7, 11) is 0. The first-order valence-electron chi connectivity index (χ1n) is 4.62. The monoisotopic (exact) mass is 185 g/mol. The fraction of sp³-hybridized carbons (Fsp3) is 0.700. The van der Waals surface area contributed by atoms with E-state index in [1.165, 1.54) is 0 Å². The smallest absolute Gasteiger partial charge is 0.320 e. The summed E-state index contributed by atoms with van der Waals surface area (Å²) in [4.78, 5) is 13.1. The van der Waals surface area contributed by atoms with Crippen molar-refractivity contribution in [2.24, 2.45) is 0 Å². The topological polar surface area (TPSA) is 29.5 Å². The standard InChI is InChI=1S/C10H19NO2/c1-5-11(7-9(3)4)8-10(12)13-6-2/h3,5-8H2,1-2,4H3. The van der Waals surface area contributed by atoms with Gasteiger partial charge in [-0.15, -0.1) is 0 Å². The molecule has 0 aliphatic carbocycles. The van der Waals surface area contributed by atoms with Gasteiger partial charge >= 0.3 is 5.97 Å². The van der Waals surface area contributed by atoms with Crippen LogP contribution in [0.4, 0.5) is 0 Å². The van der Waals surface area contributed by atoms with E-state index in [9.17, 15) is 4.79 Å². The number of hydrogen-bond acceptors (Lipinski definition) is 3. The van der Waals surface area contributed by atoms with Crippen molar-refractivity contribution >= 4 is 5.97 Å². The molecule has 0 bridgehead atoms. The molecule has 0 heterocycles. The van der Waals surface area contributed by atoms with Crippen LogP contribution >= 0.6 is 0 Å². The summed E-state index contributed by atoms with van der Waals surface area (Å²) in [5, 5.41) is 0. The summed E-state index contributed by atoms with van der Waals surface area (Å²) in [5.41, 5.74) is 1.06. The van der Waals surface area contributed by atoms with Crippen LogP contribution in [-0.2, 0) is 9.53 Å². The van der Waals surface area contributed by atoms with Crippen molar-refractivity contribution < 1.29 is 9.53 Å². The zero-order valence-electron chi connectivity index (χ0n) is 8.80. The lowest BCUT2D eigenvalue weighted by Gasteiger charge is -2.18. The summed E-state index contributed by atoms with van der Waals surface area (Å²) in [6, 6.07) is 0. The van der Waals surface area contributed by atoms with Crippen LogP contribution in [0, 0.1) is 0 Å². The van der Waals surface area contributed by atoms with E-state index in [4.69, 9.17) is 4.74 Å². The Hall–Kier alpha value is -0.830. The Balaban J connectivity index is 3.83. The first kappa shape index (κ1) is 12.2. The molecule has 0 saturated carbocycles. The minimum Gasteiger partial charge on any atom is -0.465 e. The highest BCUT2D eigenvalue weighted by molar-refractivity contribution is 5.71. The van der Waals surface area contributed by atoms with Crippen molar-refractivity contribution in [3.05, 3.63) is 12.2 Å². The highest BCUT2D eigenvalue weighted by atomic mass is 16.5. The zero-order valence-corrected chi connectivity index (χ0v) is 8.80. The van der Waals surface area contributed by atoms with Crippen LogP contribution in [0.3, 0.4) is 0 Å². The van der Waals surface area contributed by atoms with Crippen molar-refractivity contribution in [3.8, 4) is 0 Å². The number of carbonyl (C=O) groups excluding carboxylic acids is 1. The highest BCUT2D eigenvalue weighted by Gasteiger charge is 2.08. The molecular formula is C10H19NO2. The Morgan fingerprint density at radius 1 is 1.38 bits per heavy atom. The van der Waals surface area contributed by atoms with Gasteiger partial charge in [0.2, 0.25) is 0 Å². The maximum Gasteiger partial charge on any atom is 0.320 e. The van der Waals surface area contributed by atoms with Gasteiger partial charge < -0.3 is 4.74 Å². The van der Waals surface area contributed by atoms with Crippen LogP contribution in [-0.4, -0.2) is 37.1 Å². The fourth-order valence-electron chi connectivity index (χ4n) is 1.05. The van der Waals surface area contributed by atoms with Gasteiger partial charge in [0.1, 0.15) is 0 Å². The number of likely N-dealkylation sites (N-methyl/N-ethyl adjacent to an activating group) is 1. The van der Waals surface area contributed by atoms with E-state index in [2.05, 4.69) is 6.58 Å². The van der Waals surface area contributed by atoms with Crippen LogP contribution in [0.1, 0.15) is 20.8 Å². The van der Waals surface area contributed by atoms with Crippen molar-refractivity contribution in [2.45, 2.75) is 20.8 Å². The Kier molecular flexibility index (Phi) is 6.24. The van der Waals surface area contributed by atoms with Crippen molar-refractivity contribution in [1.82, 2.24) is 4.90 Å². The Bertz CT molecular complexity index is 178. The number of rotatable bonds is 6. The van der Waals surface area contributed by atoms with E-state index in [-0.39, 0.29) is 5.97 Å². The lowest BCUT2D eigenvalue weighted by atomic mass is 10.3. The third-order valence-corrected chi connectivity index (χ3v) is 1.60. The van der Waals surface area contributed by atoms with Crippen molar-refractivity contribution in [2.75, 3.05) is 26.2 Å². The van der Waals surface area contributed by atoms with Gasteiger partial charge in [0, 0.05) is 6.54 Å². The zero-order chi connectivity index (χ0) is 10.3. The van der Waals surface area contributed by atoms with E-state index in [0.29, 0.717) is 13.2 Å². The summed E-state index contributed by atoms with van der Waals surface area (Å²) < 4.78 is 4.85. The third kappa shape index (κ3) is 6.34. The van der Waals surface area contributed by atoms with Crippen molar-refractivity contribution in [1.29, 1.82) is 0 Å². The van der Waals surface area contributed by atoms with Crippen LogP contribution in [0.25, 0.3) is 0 Å². The van der Waals surface area contributed by atoms with Gasteiger partial charge in [-0.05, 0) is 20.4 Å². The molecule has 0 rings (SSSR count). The van der Waals surface area contributed by atoms with E-state index in [0.717, 1.165) is 18.7 Å². The lowest BCUT2D eigenvalue weighted by Crippen LogP contribution is -2.32. The van der Waals surface area contributed by atoms with Gasteiger partial charge in [-0.25, -0.2) is 0 Å². The predicted octanol–water partition coefficient (Wildman–Crippen LogP) is 1.45. The molecule has 0 fully saturated rings. The van der Waals surface area contributed by atoms with Gasteiger partial charge in [-0.3, -0.25) is 9.69 Å². The molecular weight excluding hydrogens is 166 g/mol. The van der Waals surface area contributed by atoms with E-state index >= 15 is 0 Å². The molecule has 0 N–H and O–H groups in total. The van der Waals surface area contributed by atoms with E-state index < -0.39 is 0 Å². The maximum atomic E-state index is 11.1. The van der Waals surface area contributed by atoms with Crippen LogP contribution in [0.5, 0.6) is 0 Å². The van der Waals surface area contributed by atoms with Gasteiger partial charge in [-0.1, -0.05) is 19.1 Å². The fourth-order valence-corrected chi connectivity index (χ4v) is 1.05. The first-order valence-corrected chi connectivity index (χ1v) is 4.62. The molecule has 76 valence electrons. The predicted molar refractivity (Wildman–Crippen MR) is 53.6 cm³/mol. The molecule has 13 heavy (non-hydrogen) atoms. The summed E-state index contributed by atoms with van der Waals surface area (Å²) >= 11 is 0. The molecule has 3 nitrogen and oxygen atoms in total. The molecule has 0 unspecified atom stereocenters. The second-order valence-corrected chi connectivity index (χ2v) is 3.07. The second kappa shape index (κ2) is 6.66. The molecule has 0 aliphatic heterocycles. The number of ether oxygens (including phenoxy) is 1. The van der Waals surface area contributed by atoms with Crippen LogP contribution in [0.15, 0.2) is 12.2 Å². The van der Waals surface area contributed by atoms with Gasteiger partial charge in [0.15, 0.2) is 0 Å². The van der Waals surface area contributed by atoms with Crippen LogP contribution < -0.4 is 0 Å². The van der Waals surface area contributed by atoms with Gasteiger partial charge in [0.05, 0.1) is 13.2 Å². The molecule has 0 saturated heterocycles. The number of hydrogen-bond donors (Lipinski definition) is 0. The molecule has 0 aliphatic rings. The average Bonchev–Trinajstić information content (AvgIpc) is 2.02. The molecule has 0 amide bonds. The van der Waals surface area contributed by atoms with Gasteiger partial charge in [-0.2, -0.15) is 0 Å². The second-order valence-electron chi connectivity index (χ2n) is 3.07. The quantitative estimate of drug-likeness (QED) is 0.463. The normalized spacial score (nSPS) is 10.2. The largest absolute Gasteiger partial charge is 0.465 e. The molecule has 0 radical (unpaired) electrons. The maximum absolute atomic E-state index is 11.1. The summed E-state index contributed by atoms with van der Waals surface area (Å²) in [6.07, 6.45) is 0. The SMILES string of the molecule is C=C(C)CN(CC)CC(=O)OCC. The number of nitrogens with zero attached hydrogens (tertiary/aromatic N) is 1. The van der Waals surface area contributed by atoms with Crippen LogP contribution in [0.2, 0.25) is 0 Å². The number of carbonyl (C=O) groups is 1. The third-order valence-electron chi connectivity index (χ3n) is 1.60. The molecule has 0 aromatic rings. The minimum absolute atomic E-state index is 0.161. The lowest BCUT2D eigenvalue weighted by molar-refractivity contribution is -0.144. The summed E-state index contributed by atoms with van der Waals surface area (Å²) in [5.74, 6) is -0.161. The number of esters is 1. The Morgan fingerprint density at radius 2 is 2.00 bits per heavy atom. The minimum atomic E-state index is -0.161. The molecule has 0 aromatic carbocycles. The molecule has 0 spiro atoms. The van der Waals surface area contributed by atoms with E-state index in [1.54, 1.807) is 0 Å². The first-order chi connectivity index (χ1) is 6.10. The molecule has 0 atom stereocenters. The average molecular weight is 185 g/mol. The summed E-state index contributed by atoms with van der Waals surface area (Å²) in [6.45, 7) is 12.0. The Labute approximate surface area is 80.4 Å². The Morgan fingerprint density at radius 3 is 2.38 bits per heavy atom. The molecule has 0 aromatic heterocycles. The van der Waals surface area contributed by atoms with Gasteiger partial charge in [0.25, 0.3) is 0 Å².